The lowest BCUT2D eigenvalue weighted by atomic mass is 10.1. The average Bonchev–Trinajstić information content (AvgIpc) is 3.13. The monoisotopic (exact) mass is 384 g/mol. The molecule has 6 nitrogen and oxygen atoms in total. The van der Waals surface area contributed by atoms with Crippen molar-refractivity contribution in [1.82, 2.24) is 9.29 Å². The maximum Gasteiger partial charge on any atom is 0.337 e. The van der Waals surface area contributed by atoms with E-state index in [9.17, 15) is 13.2 Å². The van der Waals surface area contributed by atoms with Gasteiger partial charge in [0.05, 0.1) is 23.3 Å². The van der Waals surface area contributed by atoms with Crippen LogP contribution in [0, 0.1) is 0 Å². The van der Waals surface area contributed by atoms with Crippen LogP contribution in [-0.4, -0.2) is 32.5 Å². The fourth-order valence-electron chi connectivity index (χ4n) is 2.83. The third kappa shape index (κ3) is 3.79. The molecule has 0 radical (unpaired) electrons. The number of nitrogens with zero attached hydrogens (tertiary/aromatic N) is 1. The van der Waals surface area contributed by atoms with Crippen LogP contribution in [0.15, 0.2) is 71.8 Å². The quantitative estimate of drug-likeness (QED) is 0.661. The topological polar surface area (TPSA) is 77.4 Å². The van der Waals surface area contributed by atoms with E-state index in [1.807, 2.05) is 36.4 Å². The molecule has 0 amide bonds. The van der Waals surface area contributed by atoms with Gasteiger partial charge in [0.1, 0.15) is 0 Å². The molecule has 0 spiro atoms. The van der Waals surface area contributed by atoms with Crippen molar-refractivity contribution in [3.05, 3.63) is 78.0 Å². The lowest BCUT2D eigenvalue weighted by Crippen LogP contribution is -2.14. The largest absolute Gasteiger partial charge is 0.465 e. The maximum absolute atomic E-state index is 13.3. The van der Waals surface area contributed by atoms with Gasteiger partial charge < -0.3 is 10.1 Å². The summed E-state index contributed by atoms with van der Waals surface area (Å²) in [4.78, 5) is 11.8. The minimum Gasteiger partial charge on any atom is -0.465 e. The number of rotatable bonds is 6. The van der Waals surface area contributed by atoms with Crippen LogP contribution in [0.3, 0.4) is 0 Å². The van der Waals surface area contributed by atoms with Gasteiger partial charge in [-0.25, -0.2) is 17.2 Å². The third-order valence-corrected chi connectivity index (χ3v) is 5.77. The molecule has 0 aliphatic rings. The number of hydrogen-bond acceptors (Lipinski definition) is 5. The Kier molecular flexibility index (Phi) is 5.43. The molecule has 0 bridgehead atoms. The molecule has 0 saturated carbocycles. The maximum atomic E-state index is 13.3. The van der Waals surface area contributed by atoms with Crippen molar-refractivity contribution in [2.24, 2.45) is 0 Å². The summed E-state index contributed by atoms with van der Waals surface area (Å²) in [5, 5.41) is 3.03. The lowest BCUT2D eigenvalue weighted by Gasteiger charge is -2.11. The highest BCUT2D eigenvalue weighted by Gasteiger charge is 2.23. The fraction of sp³-hybridized carbons (Fsp3) is 0.150. The summed E-state index contributed by atoms with van der Waals surface area (Å²) in [5.41, 5.74) is 2.36. The van der Waals surface area contributed by atoms with Crippen LogP contribution >= 0.6 is 0 Å². The van der Waals surface area contributed by atoms with Gasteiger partial charge in [-0.2, -0.15) is 0 Å². The molecule has 0 atom stereocenters. The van der Waals surface area contributed by atoms with Crippen LogP contribution in [0.2, 0.25) is 0 Å². The van der Waals surface area contributed by atoms with Crippen molar-refractivity contribution in [3.63, 3.8) is 0 Å². The van der Waals surface area contributed by atoms with Gasteiger partial charge in [0, 0.05) is 12.7 Å². The van der Waals surface area contributed by atoms with Crippen molar-refractivity contribution < 1.29 is 17.9 Å². The van der Waals surface area contributed by atoms with Crippen LogP contribution in [0.25, 0.3) is 11.3 Å². The highest BCUT2D eigenvalue weighted by Crippen LogP contribution is 2.27. The summed E-state index contributed by atoms with van der Waals surface area (Å²) in [5.74, 6) is -0.585. The first-order valence-corrected chi connectivity index (χ1v) is 9.76. The summed E-state index contributed by atoms with van der Waals surface area (Å²) < 4.78 is 32.5. The van der Waals surface area contributed by atoms with E-state index in [0.29, 0.717) is 12.2 Å². The minimum absolute atomic E-state index is 0.0224. The first kappa shape index (κ1) is 18.9. The molecule has 0 saturated heterocycles. The number of carbonyl (C=O) groups is 1. The molecule has 140 valence electrons. The smallest absolute Gasteiger partial charge is 0.337 e. The molecule has 27 heavy (non-hydrogen) atoms. The predicted octanol–water partition coefficient (Wildman–Crippen LogP) is 2.90. The van der Waals surface area contributed by atoms with Crippen molar-refractivity contribution in [3.8, 4) is 11.3 Å². The van der Waals surface area contributed by atoms with E-state index in [-0.39, 0.29) is 10.5 Å². The molecule has 1 heterocycles. The van der Waals surface area contributed by atoms with Gasteiger partial charge in [-0.15, -0.1) is 0 Å². The van der Waals surface area contributed by atoms with Gasteiger partial charge in [0.15, 0.2) is 0 Å². The Balaban J connectivity index is 2.16. The summed E-state index contributed by atoms with van der Waals surface area (Å²) in [7, 11) is -0.842. The Labute approximate surface area is 158 Å². The van der Waals surface area contributed by atoms with E-state index in [2.05, 4.69) is 10.1 Å². The molecule has 0 unspecified atom stereocenters. The second-order valence-corrected chi connectivity index (χ2v) is 7.77. The number of aromatic nitrogens is 1. The molecule has 3 rings (SSSR count). The van der Waals surface area contributed by atoms with E-state index >= 15 is 0 Å². The zero-order valence-corrected chi connectivity index (χ0v) is 15.9. The van der Waals surface area contributed by atoms with E-state index in [1.54, 1.807) is 13.2 Å². The van der Waals surface area contributed by atoms with Crippen LogP contribution in [0.4, 0.5) is 0 Å². The van der Waals surface area contributed by atoms with E-state index < -0.39 is 16.0 Å². The Morgan fingerprint density at radius 1 is 1.07 bits per heavy atom. The van der Waals surface area contributed by atoms with Gasteiger partial charge in [-0.1, -0.05) is 36.4 Å². The van der Waals surface area contributed by atoms with Gasteiger partial charge in [-0.3, -0.25) is 0 Å². The Bertz CT molecular complexity index is 1060. The molecule has 0 aliphatic heterocycles. The molecule has 3 aromatic rings. The number of esters is 1. The molecule has 0 fully saturated rings. The second-order valence-electron chi connectivity index (χ2n) is 5.95. The average molecular weight is 384 g/mol. The summed E-state index contributed by atoms with van der Waals surface area (Å²) in [6.45, 7) is 0.532. The lowest BCUT2D eigenvalue weighted by molar-refractivity contribution is 0.0600. The molecular formula is C20H20N2O4S. The van der Waals surface area contributed by atoms with Crippen molar-refractivity contribution >= 4 is 16.0 Å². The van der Waals surface area contributed by atoms with Gasteiger partial charge in [0.25, 0.3) is 10.0 Å². The van der Waals surface area contributed by atoms with Crippen LogP contribution in [0.5, 0.6) is 0 Å². The normalized spacial score (nSPS) is 11.3. The number of carbonyl (C=O) groups excluding carboxylic acids is 1. The van der Waals surface area contributed by atoms with Gasteiger partial charge >= 0.3 is 5.97 Å². The predicted molar refractivity (Wildman–Crippen MR) is 103 cm³/mol. The highest BCUT2D eigenvalue weighted by atomic mass is 32.2. The molecule has 1 N–H and O–H groups in total. The zero-order valence-electron chi connectivity index (χ0n) is 15.0. The molecular weight excluding hydrogens is 364 g/mol. The number of nitrogens with one attached hydrogen (secondary N) is 1. The number of ether oxygens (including phenoxy) is 1. The summed E-state index contributed by atoms with van der Waals surface area (Å²) >= 11 is 0. The number of benzene rings is 2. The minimum atomic E-state index is -3.90. The Hall–Kier alpha value is -2.90. The zero-order chi connectivity index (χ0) is 19.4. The van der Waals surface area contributed by atoms with Crippen molar-refractivity contribution in [2.75, 3.05) is 14.2 Å². The second kappa shape index (κ2) is 7.77. The number of hydrogen-bond donors (Lipinski definition) is 1. The van der Waals surface area contributed by atoms with Gasteiger partial charge in [-0.05, 0) is 42.4 Å². The number of methoxy groups -OCH3 is 1. The highest BCUT2D eigenvalue weighted by molar-refractivity contribution is 7.90. The third-order valence-electron chi connectivity index (χ3n) is 4.11. The first-order chi connectivity index (χ1) is 13.0. The van der Waals surface area contributed by atoms with Crippen molar-refractivity contribution in [1.29, 1.82) is 0 Å². The van der Waals surface area contributed by atoms with E-state index in [1.165, 1.54) is 35.3 Å². The molecule has 0 aliphatic carbocycles. The van der Waals surface area contributed by atoms with E-state index in [0.717, 1.165) is 11.1 Å². The fourth-order valence-corrected chi connectivity index (χ4v) is 4.28. The van der Waals surface area contributed by atoms with Crippen LogP contribution in [-0.2, 0) is 21.3 Å². The van der Waals surface area contributed by atoms with Crippen LogP contribution < -0.4 is 5.32 Å². The SMILES string of the molecule is CNCc1cc(-c2ccccc2)n(S(=O)(=O)c2cccc(C(=O)OC)c2)c1. The molecule has 2 aromatic carbocycles. The summed E-state index contributed by atoms with van der Waals surface area (Å²) in [6.07, 6.45) is 1.60. The first-order valence-electron chi connectivity index (χ1n) is 8.32. The standard InChI is InChI=1S/C20H20N2O4S/c1-21-13-15-11-19(16-7-4-3-5-8-16)22(14-15)27(24,25)18-10-6-9-17(12-18)20(23)26-2/h3-12,14,21H,13H2,1-2H3. The van der Waals surface area contributed by atoms with Crippen LogP contribution in [0.1, 0.15) is 15.9 Å². The van der Waals surface area contributed by atoms with Gasteiger partial charge in [0.2, 0.25) is 0 Å². The van der Waals surface area contributed by atoms with E-state index in [4.69, 9.17) is 0 Å². The summed E-state index contributed by atoms with van der Waals surface area (Å²) in [6, 6.07) is 17.0. The molecule has 1 aromatic heterocycles. The molecule has 7 heteroatoms. The van der Waals surface area contributed by atoms with Crippen molar-refractivity contribution in [2.45, 2.75) is 11.4 Å². The Morgan fingerprint density at radius 3 is 2.48 bits per heavy atom. The Morgan fingerprint density at radius 2 is 1.81 bits per heavy atom.